The van der Waals surface area contributed by atoms with Gasteiger partial charge in [0.1, 0.15) is 0 Å². The number of carboxylic acid groups (broad SMARTS) is 1. The first-order chi connectivity index (χ1) is 8.39. The van der Waals surface area contributed by atoms with Gasteiger partial charge in [0.15, 0.2) is 0 Å². The summed E-state index contributed by atoms with van der Waals surface area (Å²) in [6.07, 6.45) is 2.46. The predicted molar refractivity (Wildman–Crippen MR) is 73.4 cm³/mol. The molecule has 1 N–H and O–H groups in total. The molecule has 98 valence electrons. The summed E-state index contributed by atoms with van der Waals surface area (Å²) < 4.78 is 0. The van der Waals surface area contributed by atoms with Crippen LogP contribution in [0.4, 0.5) is 5.69 Å². The van der Waals surface area contributed by atoms with E-state index >= 15 is 0 Å². The van der Waals surface area contributed by atoms with Crippen LogP contribution in [0, 0.1) is 12.3 Å². The molecule has 0 spiro atoms. The van der Waals surface area contributed by atoms with Gasteiger partial charge in [0.05, 0.1) is 5.56 Å². The highest BCUT2D eigenvalue weighted by molar-refractivity contribution is 5.89. The molecule has 1 aliphatic heterocycles. The van der Waals surface area contributed by atoms with Crippen LogP contribution in [-0.2, 0) is 0 Å². The fraction of sp³-hybridized carbons (Fsp3) is 0.533. The summed E-state index contributed by atoms with van der Waals surface area (Å²) in [6, 6.07) is 5.64. The quantitative estimate of drug-likeness (QED) is 0.871. The van der Waals surface area contributed by atoms with Gasteiger partial charge in [-0.1, -0.05) is 13.8 Å². The van der Waals surface area contributed by atoms with Crippen molar-refractivity contribution in [2.45, 2.75) is 33.6 Å². The predicted octanol–water partition coefficient (Wildman–Crippen LogP) is 3.32. The molecule has 0 unspecified atom stereocenters. The van der Waals surface area contributed by atoms with Crippen LogP contribution in [-0.4, -0.2) is 24.2 Å². The topological polar surface area (TPSA) is 40.5 Å². The molecule has 1 aromatic carbocycles. The summed E-state index contributed by atoms with van der Waals surface area (Å²) in [7, 11) is 0. The van der Waals surface area contributed by atoms with Gasteiger partial charge in [0.2, 0.25) is 0 Å². The first kappa shape index (κ1) is 12.9. The number of rotatable bonds is 2. The van der Waals surface area contributed by atoms with Crippen molar-refractivity contribution < 1.29 is 9.90 Å². The lowest BCUT2D eigenvalue weighted by Gasteiger charge is -2.39. The zero-order chi connectivity index (χ0) is 13.3. The Kier molecular flexibility index (Phi) is 3.33. The molecule has 1 saturated heterocycles. The monoisotopic (exact) mass is 247 g/mol. The van der Waals surface area contributed by atoms with Crippen molar-refractivity contribution >= 4 is 11.7 Å². The molecule has 1 fully saturated rings. The van der Waals surface area contributed by atoms with Gasteiger partial charge in [0, 0.05) is 18.8 Å². The van der Waals surface area contributed by atoms with Crippen LogP contribution >= 0.6 is 0 Å². The molecule has 0 bridgehead atoms. The van der Waals surface area contributed by atoms with Gasteiger partial charge in [0.25, 0.3) is 0 Å². The SMILES string of the molecule is Cc1cc(N2CCCC(C)(C)C2)ccc1C(=O)O. The van der Waals surface area contributed by atoms with Crippen molar-refractivity contribution in [2.75, 3.05) is 18.0 Å². The maximum atomic E-state index is 11.0. The van der Waals surface area contributed by atoms with E-state index in [4.69, 9.17) is 5.11 Å². The van der Waals surface area contributed by atoms with Crippen LogP contribution in [0.1, 0.15) is 42.6 Å². The molecule has 2 rings (SSSR count). The Labute approximate surface area is 108 Å². The molecule has 0 radical (unpaired) electrons. The average molecular weight is 247 g/mol. The van der Waals surface area contributed by atoms with Gasteiger partial charge in [-0.25, -0.2) is 4.79 Å². The van der Waals surface area contributed by atoms with E-state index < -0.39 is 5.97 Å². The molecule has 0 aliphatic carbocycles. The number of hydrogen-bond donors (Lipinski definition) is 1. The summed E-state index contributed by atoms with van der Waals surface area (Å²) in [6.45, 7) is 8.55. The third kappa shape index (κ3) is 2.66. The highest BCUT2D eigenvalue weighted by Crippen LogP contribution is 2.32. The van der Waals surface area contributed by atoms with Gasteiger partial charge in [-0.05, 0) is 48.9 Å². The third-order valence-corrected chi connectivity index (χ3v) is 3.71. The van der Waals surface area contributed by atoms with Gasteiger partial charge >= 0.3 is 5.97 Å². The van der Waals surface area contributed by atoms with Crippen molar-refractivity contribution in [1.29, 1.82) is 0 Å². The number of aryl methyl sites for hydroxylation is 1. The zero-order valence-corrected chi connectivity index (χ0v) is 11.4. The molecule has 18 heavy (non-hydrogen) atoms. The second-order valence-corrected chi connectivity index (χ2v) is 5.99. The van der Waals surface area contributed by atoms with Gasteiger partial charge < -0.3 is 10.0 Å². The Hall–Kier alpha value is -1.51. The molecule has 0 aromatic heterocycles. The van der Waals surface area contributed by atoms with E-state index in [1.54, 1.807) is 6.07 Å². The fourth-order valence-corrected chi connectivity index (χ4v) is 2.73. The Morgan fingerprint density at radius 2 is 2.11 bits per heavy atom. The highest BCUT2D eigenvalue weighted by Gasteiger charge is 2.26. The summed E-state index contributed by atoms with van der Waals surface area (Å²) in [4.78, 5) is 13.4. The Balaban J connectivity index is 2.24. The molecule has 0 amide bonds. The molecule has 3 nitrogen and oxygen atoms in total. The first-order valence-electron chi connectivity index (χ1n) is 6.48. The van der Waals surface area contributed by atoms with E-state index in [1.807, 2.05) is 19.1 Å². The maximum absolute atomic E-state index is 11.0. The van der Waals surface area contributed by atoms with Gasteiger partial charge in [-0.2, -0.15) is 0 Å². The van der Waals surface area contributed by atoms with Crippen LogP contribution in [0.25, 0.3) is 0 Å². The summed E-state index contributed by atoms with van der Waals surface area (Å²) in [5, 5.41) is 9.04. The maximum Gasteiger partial charge on any atom is 0.335 e. The molecular formula is C15H21NO2. The normalized spacial score (nSPS) is 18.7. The number of nitrogens with zero attached hydrogens (tertiary/aromatic N) is 1. The second-order valence-electron chi connectivity index (χ2n) is 5.99. The lowest BCUT2D eigenvalue weighted by molar-refractivity contribution is 0.0696. The number of benzene rings is 1. The first-order valence-corrected chi connectivity index (χ1v) is 6.48. The number of aromatic carboxylic acids is 1. The summed E-state index contributed by atoms with van der Waals surface area (Å²) in [5.41, 5.74) is 2.72. The van der Waals surface area contributed by atoms with E-state index in [0.717, 1.165) is 24.3 Å². The zero-order valence-electron chi connectivity index (χ0n) is 11.4. The van der Waals surface area contributed by atoms with E-state index in [2.05, 4.69) is 18.7 Å². The fourth-order valence-electron chi connectivity index (χ4n) is 2.73. The lowest BCUT2D eigenvalue weighted by atomic mass is 9.84. The number of hydrogen-bond acceptors (Lipinski definition) is 2. The van der Waals surface area contributed by atoms with Crippen LogP contribution in [0.2, 0.25) is 0 Å². The minimum atomic E-state index is -0.849. The lowest BCUT2D eigenvalue weighted by Crippen LogP contribution is -2.40. The second kappa shape index (κ2) is 4.63. The van der Waals surface area contributed by atoms with Crippen molar-refractivity contribution in [2.24, 2.45) is 5.41 Å². The molecule has 1 aliphatic rings. The highest BCUT2D eigenvalue weighted by atomic mass is 16.4. The van der Waals surface area contributed by atoms with Crippen molar-refractivity contribution in [3.05, 3.63) is 29.3 Å². The number of piperidine rings is 1. The summed E-state index contributed by atoms with van der Waals surface area (Å²) >= 11 is 0. The van der Waals surface area contributed by atoms with Crippen LogP contribution < -0.4 is 4.90 Å². The van der Waals surface area contributed by atoms with Crippen molar-refractivity contribution in [3.8, 4) is 0 Å². The Morgan fingerprint density at radius 1 is 1.39 bits per heavy atom. The standard InChI is InChI=1S/C15H21NO2/c1-11-9-12(5-6-13(11)14(17)18)16-8-4-7-15(2,3)10-16/h5-6,9H,4,7-8,10H2,1-3H3,(H,17,18). The number of carboxylic acids is 1. The van der Waals surface area contributed by atoms with Crippen molar-refractivity contribution in [1.82, 2.24) is 0 Å². The summed E-state index contributed by atoms with van der Waals surface area (Å²) in [5.74, 6) is -0.849. The molecule has 3 heteroatoms. The van der Waals surface area contributed by atoms with E-state index in [-0.39, 0.29) is 0 Å². The minimum absolute atomic E-state index is 0.345. The smallest absolute Gasteiger partial charge is 0.335 e. The Bertz CT molecular complexity index is 466. The van der Waals surface area contributed by atoms with E-state index in [1.165, 1.54) is 12.8 Å². The van der Waals surface area contributed by atoms with Gasteiger partial charge in [-0.3, -0.25) is 0 Å². The van der Waals surface area contributed by atoms with Crippen molar-refractivity contribution in [3.63, 3.8) is 0 Å². The van der Waals surface area contributed by atoms with E-state index in [9.17, 15) is 4.79 Å². The number of carbonyl (C=O) groups is 1. The van der Waals surface area contributed by atoms with Crippen LogP contribution in [0.5, 0.6) is 0 Å². The molecule has 1 heterocycles. The molecule has 0 atom stereocenters. The molecule has 1 aromatic rings. The number of anilines is 1. The van der Waals surface area contributed by atoms with Crippen LogP contribution in [0.3, 0.4) is 0 Å². The minimum Gasteiger partial charge on any atom is -0.478 e. The largest absolute Gasteiger partial charge is 0.478 e. The molecular weight excluding hydrogens is 226 g/mol. The molecule has 0 saturated carbocycles. The van der Waals surface area contributed by atoms with Gasteiger partial charge in [-0.15, -0.1) is 0 Å². The van der Waals surface area contributed by atoms with Crippen LogP contribution in [0.15, 0.2) is 18.2 Å². The third-order valence-electron chi connectivity index (χ3n) is 3.71. The Morgan fingerprint density at radius 3 is 2.67 bits per heavy atom. The average Bonchev–Trinajstić information content (AvgIpc) is 2.27. The van der Waals surface area contributed by atoms with E-state index in [0.29, 0.717) is 11.0 Å².